The minimum atomic E-state index is 0.160. The number of piperidine rings is 1. The number of benzene rings is 1. The van der Waals surface area contributed by atoms with Crippen molar-refractivity contribution in [2.24, 2.45) is 0 Å². The van der Waals surface area contributed by atoms with Gasteiger partial charge >= 0.3 is 0 Å². The monoisotopic (exact) mass is 315 g/mol. The largest absolute Gasteiger partial charge is 0.490 e. The molecule has 1 aromatic carbocycles. The van der Waals surface area contributed by atoms with Gasteiger partial charge in [-0.15, -0.1) is 0 Å². The van der Waals surface area contributed by atoms with Crippen LogP contribution in [0.15, 0.2) is 16.7 Å². The van der Waals surface area contributed by atoms with E-state index < -0.39 is 0 Å². The van der Waals surface area contributed by atoms with Gasteiger partial charge in [-0.2, -0.15) is 4.98 Å². The van der Waals surface area contributed by atoms with Gasteiger partial charge in [0.2, 0.25) is 11.7 Å². The van der Waals surface area contributed by atoms with E-state index in [1.165, 1.54) is 12.8 Å². The van der Waals surface area contributed by atoms with E-state index in [-0.39, 0.29) is 12.1 Å². The molecule has 1 saturated heterocycles. The Labute approximate surface area is 137 Å². The number of ether oxygens (including phenoxy) is 1. The van der Waals surface area contributed by atoms with E-state index in [4.69, 9.17) is 9.26 Å². The first-order chi connectivity index (χ1) is 11.0. The molecule has 1 atom stereocenters. The zero-order valence-electron chi connectivity index (χ0n) is 14.3. The second-order valence-electron chi connectivity index (χ2n) is 6.56. The van der Waals surface area contributed by atoms with E-state index in [1.54, 1.807) is 0 Å². The molecular weight excluding hydrogens is 290 g/mol. The van der Waals surface area contributed by atoms with Crippen molar-refractivity contribution in [1.29, 1.82) is 0 Å². The molecule has 2 aromatic rings. The van der Waals surface area contributed by atoms with Gasteiger partial charge in [-0.3, -0.25) is 0 Å². The average Bonchev–Trinajstić information content (AvgIpc) is 3.01. The molecule has 124 valence electrons. The van der Waals surface area contributed by atoms with Gasteiger partial charge in [0.1, 0.15) is 5.75 Å². The highest BCUT2D eigenvalue weighted by atomic mass is 16.5. The van der Waals surface area contributed by atoms with E-state index in [0.717, 1.165) is 35.4 Å². The van der Waals surface area contributed by atoms with Crippen molar-refractivity contribution in [2.45, 2.75) is 59.1 Å². The van der Waals surface area contributed by atoms with Crippen LogP contribution >= 0.6 is 0 Å². The smallest absolute Gasteiger partial charge is 0.244 e. The molecule has 1 N–H and O–H groups in total. The molecule has 0 bridgehead atoms. The highest BCUT2D eigenvalue weighted by Gasteiger charge is 2.22. The molecule has 0 aliphatic carbocycles. The quantitative estimate of drug-likeness (QED) is 0.925. The summed E-state index contributed by atoms with van der Waals surface area (Å²) in [5, 5.41) is 7.60. The van der Waals surface area contributed by atoms with Crippen LogP contribution in [-0.4, -0.2) is 22.8 Å². The summed E-state index contributed by atoms with van der Waals surface area (Å²) in [7, 11) is 0. The predicted octanol–water partition coefficient (Wildman–Crippen LogP) is 3.96. The Balaban J connectivity index is 1.86. The first kappa shape index (κ1) is 16.0. The summed E-state index contributed by atoms with van der Waals surface area (Å²) in [4.78, 5) is 4.60. The molecule has 0 spiro atoms. The highest BCUT2D eigenvalue weighted by Crippen LogP contribution is 2.30. The Hall–Kier alpha value is -1.88. The maximum absolute atomic E-state index is 5.89. The minimum Gasteiger partial charge on any atom is -0.490 e. The van der Waals surface area contributed by atoms with Gasteiger partial charge in [-0.1, -0.05) is 11.6 Å². The lowest BCUT2D eigenvalue weighted by Crippen LogP contribution is -2.26. The number of rotatable bonds is 4. The Morgan fingerprint density at radius 1 is 1.22 bits per heavy atom. The lowest BCUT2D eigenvalue weighted by molar-refractivity contribution is 0.239. The van der Waals surface area contributed by atoms with Crippen LogP contribution in [0.1, 0.15) is 56.2 Å². The van der Waals surface area contributed by atoms with E-state index in [2.05, 4.69) is 41.4 Å². The molecule has 1 unspecified atom stereocenters. The molecule has 5 heteroatoms. The fourth-order valence-electron chi connectivity index (χ4n) is 3.06. The zero-order valence-corrected chi connectivity index (χ0v) is 14.3. The van der Waals surface area contributed by atoms with Crippen molar-refractivity contribution in [3.8, 4) is 17.1 Å². The van der Waals surface area contributed by atoms with Crippen LogP contribution in [0.3, 0.4) is 0 Å². The first-order valence-corrected chi connectivity index (χ1v) is 8.40. The van der Waals surface area contributed by atoms with Crippen LogP contribution in [0.4, 0.5) is 0 Å². The molecule has 0 radical (unpaired) electrons. The third-order valence-corrected chi connectivity index (χ3v) is 4.12. The molecule has 1 fully saturated rings. The predicted molar refractivity (Wildman–Crippen MR) is 89.6 cm³/mol. The Kier molecular flexibility index (Phi) is 4.66. The summed E-state index contributed by atoms with van der Waals surface area (Å²) < 4.78 is 11.4. The number of hydrogen-bond donors (Lipinski definition) is 1. The lowest BCUT2D eigenvalue weighted by Gasteiger charge is -2.19. The van der Waals surface area contributed by atoms with Gasteiger partial charge in [0.05, 0.1) is 12.1 Å². The minimum absolute atomic E-state index is 0.160. The van der Waals surface area contributed by atoms with Crippen LogP contribution in [0, 0.1) is 13.8 Å². The molecule has 0 amide bonds. The van der Waals surface area contributed by atoms with Gasteiger partial charge in [-0.25, -0.2) is 0 Å². The molecule has 1 aliphatic heterocycles. The molecular formula is C18H25N3O2. The summed E-state index contributed by atoms with van der Waals surface area (Å²) in [6, 6.07) is 4.32. The SMILES string of the molecule is Cc1cc(-c2noc(C3CCCCN3)n2)cc(C)c1OC(C)C. The van der Waals surface area contributed by atoms with Gasteiger partial charge in [0.25, 0.3) is 0 Å². The summed E-state index contributed by atoms with van der Waals surface area (Å²) >= 11 is 0. The molecule has 5 nitrogen and oxygen atoms in total. The molecule has 23 heavy (non-hydrogen) atoms. The van der Waals surface area contributed by atoms with E-state index in [9.17, 15) is 0 Å². The molecule has 1 aliphatic rings. The molecule has 0 saturated carbocycles. The normalized spacial score (nSPS) is 18.4. The summed E-state index contributed by atoms with van der Waals surface area (Å²) in [5.41, 5.74) is 3.16. The second-order valence-corrected chi connectivity index (χ2v) is 6.56. The average molecular weight is 315 g/mol. The van der Waals surface area contributed by atoms with Gasteiger partial charge in [-0.05, 0) is 70.3 Å². The van der Waals surface area contributed by atoms with Crippen molar-refractivity contribution in [3.63, 3.8) is 0 Å². The number of aryl methyl sites for hydroxylation is 2. The molecule has 2 heterocycles. The van der Waals surface area contributed by atoms with Crippen molar-refractivity contribution < 1.29 is 9.26 Å². The maximum Gasteiger partial charge on any atom is 0.244 e. The standard InChI is InChI=1S/C18H25N3O2/c1-11(2)22-16-12(3)9-14(10-13(16)4)17-20-18(23-21-17)15-7-5-6-8-19-15/h9-11,15,19H,5-8H2,1-4H3. The first-order valence-electron chi connectivity index (χ1n) is 8.40. The van der Waals surface area contributed by atoms with Crippen molar-refractivity contribution in [1.82, 2.24) is 15.5 Å². The van der Waals surface area contributed by atoms with Crippen LogP contribution in [0.5, 0.6) is 5.75 Å². The summed E-state index contributed by atoms with van der Waals surface area (Å²) in [6.07, 6.45) is 3.63. The highest BCUT2D eigenvalue weighted by molar-refractivity contribution is 5.61. The lowest BCUT2D eigenvalue weighted by atomic mass is 10.0. The summed E-state index contributed by atoms with van der Waals surface area (Å²) in [5.74, 6) is 2.29. The van der Waals surface area contributed by atoms with Crippen molar-refractivity contribution in [2.75, 3.05) is 6.54 Å². The van der Waals surface area contributed by atoms with Gasteiger partial charge in [0, 0.05) is 5.56 Å². The van der Waals surface area contributed by atoms with Crippen LogP contribution in [0.25, 0.3) is 11.4 Å². The Morgan fingerprint density at radius 2 is 1.96 bits per heavy atom. The van der Waals surface area contributed by atoms with Crippen LogP contribution < -0.4 is 10.1 Å². The third-order valence-electron chi connectivity index (χ3n) is 4.12. The molecule has 1 aromatic heterocycles. The number of nitrogens with one attached hydrogen (secondary N) is 1. The third kappa shape index (κ3) is 3.55. The van der Waals surface area contributed by atoms with Gasteiger partial charge in [0.15, 0.2) is 0 Å². The maximum atomic E-state index is 5.89. The fourth-order valence-corrected chi connectivity index (χ4v) is 3.06. The van der Waals surface area contributed by atoms with Gasteiger partial charge < -0.3 is 14.6 Å². The number of hydrogen-bond acceptors (Lipinski definition) is 5. The summed E-state index contributed by atoms with van der Waals surface area (Å²) in [6.45, 7) is 9.20. The van der Waals surface area contributed by atoms with E-state index in [0.29, 0.717) is 11.7 Å². The second kappa shape index (κ2) is 6.71. The Bertz CT molecular complexity index is 650. The van der Waals surface area contributed by atoms with Crippen LogP contribution in [-0.2, 0) is 0 Å². The number of aromatic nitrogens is 2. The molecule has 3 rings (SSSR count). The Morgan fingerprint density at radius 3 is 2.57 bits per heavy atom. The van der Waals surface area contributed by atoms with E-state index >= 15 is 0 Å². The topological polar surface area (TPSA) is 60.2 Å². The van der Waals surface area contributed by atoms with Crippen LogP contribution in [0.2, 0.25) is 0 Å². The fraction of sp³-hybridized carbons (Fsp3) is 0.556. The van der Waals surface area contributed by atoms with E-state index in [1.807, 2.05) is 13.8 Å². The van der Waals surface area contributed by atoms with Crippen molar-refractivity contribution >= 4 is 0 Å². The zero-order chi connectivity index (χ0) is 16.4. The number of nitrogens with zero attached hydrogens (tertiary/aromatic N) is 2. The van der Waals surface area contributed by atoms with Crippen molar-refractivity contribution in [3.05, 3.63) is 29.2 Å².